The van der Waals surface area contributed by atoms with Crippen LogP contribution in [0.4, 0.5) is 0 Å². The lowest BCUT2D eigenvalue weighted by Crippen LogP contribution is -2.23. The zero-order chi connectivity index (χ0) is 15.9. The topological polar surface area (TPSA) is 55.1 Å². The Balaban J connectivity index is 2.40. The van der Waals surface area contributed by atoms with Gasteiger partial charge in [0.1, 0.15) is 11.6 Å². The molecule has 0 spiro atoms. The first-order valence-corrected chi connectivity index (χ1v) is 7.34. The quantitative estimate of drug-likeness (QED) is 0.789. The van der Waals surface area contributed by atoms with Crippen LogP contribution >= 0.6 is 0 Å². The SMILES string of the molecule is CCc1nc2ccccc2c(=O)n1-c1cc(C)c(O)c(C)c1. The van der Waals surface area contributed by atoms with Crippen LogP contribution in [0.2, 0.25) is 0 Å². The zero-order valence-corrected chi connectivity index (χ0v) is 12.9. The van der Waals surface area contributed by atoms with Crippen LogP contribution in [0.25, 0.3) is 16.6 Å². The van der Waals surface area contributed by atoms with E-state index in [4.69, 9.17) is 0 Å². The predicted molar refractivity (Wildman–Crippen MR) is 87.9 cm³/mol. The molecule has 2 aromatic carbocycles. The van der Waals surface area contributed by atoms with E-state index < -0.39 is 0 Å². The number of phenols is 1. The van der Waals surface area contributed by atoms with Crippen molar-refractivity contribution in [3.05, 3.63) is 63.7 Å². The molecule has 0 saturated heterocycles. The van der Waals surface area contributed by atoms with Crippen molar-refractivity contribution < 1.29 is 5.11 Å². The molecule has 1 aromatic heterocycles. The van der Waals surface area contributed by atoms with Crippen molar-refractivity contribution in [1.29, 1.82) is 0 Å². The number of para-hydroxylation sites is 1. The first-order chi connectivity index (χ1) is 10.5. The van der Waals surface area contributed by atoms with E-state index >= 15 is 0 Å². The van der Waals surface area contributed by atoms with Gasteiger partial charge in [-0.2, -0.15) is 0 Å². The van der Waals surface area contributed by atoms with Gasteiger partial charge in [0.15, 0.2) is 0 Å². The standard InChI is InChI=1S/C18H18N2O2/c1-4-16-19-15-8-6-5-7-14(15)18(22)20(16)13-9-11(2)17(21)12(3)10-13/h5-10,21H,4H2,1-3H3. The zero-order valence-electron chi connectivity index (χ0n) is 12.9. The van der Waals surface area contributed by atoms with Crippen molar-refractivity contribution in [3.8, 4) is 11.4 Å². The molecule has 4 nitrogen and oxygen atoms in total. The molecule has 0 amide bonds. The molecule has 1 heterocycles. The number of aromatic hydroxyl groups is 1. The van der Waals surface area contributed by atoms with Crippen molar-refractivity contribution >= 4 is 10.9 Å². The Morgan fingerprint density at radius 2 is 1.77 bits per heavy atom. The molecule has 0 bridgehead atoms. The molecule has 112 valence electrons. The second-order valence-electron chi connectivity index (χ2n) is 5.47. The second-order valence-corrected chi connectivity index (χ2v) is 5.47. The first kappa shape index (κ1) is 14.3. The minimum absolute atomic E-state index is 0.0769. The summed E-state index contributed by atoms with van der Waals surface area (Å²) in [5.74, 6) is 0.983. The van der Waals surface area contributed by atoms with E-state index in [9.17, 15) is 9.90 Å². The van der Waals surface area contributed by atoms with Gasteiger partial charge in [-0.05, 0) is 49.2 Å². The van der Waals surface area contributed by atoms with Gasteiger partial charge in [-0.3, -0.25) is 9.36 Å². The highest BCUT2D eigenvalue weighted by Crippen LogP contribution is 2.25. The van der Waals surface area contributed by atoms with E-state index in [1.807, 2.05) is 51.1 Å². The van der Waals surface area contributed by atoms with Crippen molar-refractivity contribution in [1.82, 2.24) is 9.55 Å². The summed E-state index contributed by atoms with van der Waals surface area (Å²) in [5.41, 5.74) is 2.88. The van der Waals surface area contributed by atoms with E-state index in [-0.39, 0.29) is 11.3 Å². The fourth-order valence-electron chi connectivity index (χ4n) is 2.74. The van der Waals surface area contributed by atoms with Crippen molar-refractivity contribution in [3.63, 3.8) is 0 Å². The molecule has 0 aliphatic carbocycles. The van der Waals surface area contributed by atoms with Gasteiger partial charge >= 0.3 is 0 Å². The minimum Gasteiger partial charge on any atom is -0.507 e. The molecule has 22 heavy (non-hydrogen) atoms. The molecule has 0 fully saturated rings. The number of aryl methyl sites for hydroxylation is 3. The highest BCUT2D eigenvalue weighted by molar-refractivity contribution is 5.77. The van der Waals surface area contributed by atoms with Crippen LogP contribution in [0.15, 0.2) is 41.2 Å². The maximum absolute atomic E-state index is 12.9. The number of rotatable bonds is 2. The Morgan fingerprint density at radius 1 is 1.14 bits per heavy atom. The summed E-state index contributed by atoms with van der Waals surface area (Å²) in [5, 5.41) is 10.5. The van der Waals surface area contributed by atoms with Crippen molar-refractivity contribution in [2.75, 3.05) is 0 Å². The van der Waals surface area contributed by atoms with E-state index in [1.54, 1.807) is 10.6 Å². The number of phenolic OH excluding ortho intramolecular Hbond substituents is 1. The van der Waals surface area contributed by atoms with Crippen LogP contribution in [-0.2, 0) is 6.42 Å². The van der Waals surface area contributed by atoms with Crippen LogP contribution in [-0.4, -0.2) is 14.7 Å². The molecule has 0 radical (unpaired) electrons. The van der Waals surface area contributed by atoms with E-state index in [0.29, 0.717) is 23.1 Å². The summed E-state index contributed by atoms with van der Waals surface area (Å²) in [6.07, 6.45) is 0.652. The summed E-state index contributed by atoms with van der Waals surface area (Å²) < 4.78 is 1.64. The van der Waals surface area contributed by atoms with E-state index in [0.717, 1.165) is 16.8 Å². The highest BCUT2D eigenvalue weighted by atomic mass is 16.3. The van der Waals surface area contributed by atoms with Gasteiger partial charge in [0.25, 0.3) is 5.56 Å². The summed E-state index contributed by atoms with van der Waals surface area (Å²) >= 11 is 0. The first-order valence-electron chi connectivity index (χ1n) is 7.34. The van der Waals surface area contributed by atoms with E-state index in [1.165, 1.54) is 0 Å². The molecule has 0 saturated carbocycles. The fourth-order valence-corrected chi connectivity index (χ4v) is 2.74. The van der Waals surface area contributed by atoms with Crippen LogP contribution in [0.1, 0.15) is 23.9 Å². The molecule has 4 heteroatoms. The number of hydrogen-bond acceptors (Lipinski definition) is 3. The second kappa shape index (κ2) is 5.30. The van der Waals surface area contributed by atoms with Gasteiger partial charge < -0.3 is 5.11 Å². The van der Waals surface area contributed by atoms with E-state index in [2.05, 4.69) is 4.98 Å². The number of hydrogen-bond donors (Lipinski definition) is 1. The third kappa shape index (κ3) is 2.17. The third-order valence-electron chi connectivity index (χ3n) is 3.90. The molecular weight excluding hydrogens is 276 g/mol. The smallest absolute Gasteiger partial charge is 0.265 e. The predicted octanol–water partition coefficient (Wildman–Crippen LogP) is 3.27. The Labute approximate surface area is 128 Å². The lowest BCUT2D eigenvalue weighted by Gasteiger charge is -2.14. The lowest BCUT2D eigenvalue weighted by atomic mass is 10.1. The number of aromatic nitrogens is 2. The minimum atomic E-state index is -0.0769. The largest absolute Gasteiger partial charge is 0.507 e. The molecule has 0 atom stereocenters. The average Bonchev–Trinajstić information content (AvgIpc) is 2.52. The molecule has 0 aliphatic heterocycles. The monoisotopic (exact) mass is 294 g/mol. The molecular formula is C18H18N2O2. The van der Waals surface area contributed by atoms with Gasteiger partial charge in [-0.1, -0.05) is 19.1 Å². The van der Waals surface area contributed by atoms with Crippen molar-refractivity contribution in [2.24, 2.45) is 0 Å². The van der Waals surface area contributed by atoms with Crippen LogP contribution in [0.3, 0.4) is 0 Å². The molecule has 3 aromatic rings. The Hall–Kier alpha value is -2.62. The fraction of sp³-hybridized carbons (Fsp3) is 0.222. The van der Waals surface area contributed by atoms with Gasteiger partial charge in [-0.15, -0.1) is 0 Å². The van der Waals surface area contributed by atoms with Crippen LogP contribution in [0.5, 0.6) is 5.75 Å². The lowest BCUT2D eigenvalue weighted by molar-refractivity contribution is 0.466. The molecule has 0 aliphatic rings. The van der Waals surface area contributed by atoms with Gasteiger partial charge in [0.05, 0.1) is 16.6 Å². The number of benzene rings is 2. The van der Waals surface area contributed by atoms with Crippen LogP contribution in [0, 0.1) is 13.8 Å². The summed E-state index contributed by atoms with van der Waals surface area (Å²) in [4.78, 5) is 17.5. The third-order valence-corrected chi connectivity index (χ3v) is 3.90. The summed E-state index contributed by atoms with van der Waals surface area (Å²) in [6.45, 7) is 5.64. The highest BCUT2D eigenvalue weighted by Gasteiger charge is 2.13. The average molecular weight is 294 g/mol. The van der Waals surface area contributed by atoms with Crippen molar-refractivity contribution in [2.45, 2.75) is 27.2 Å². The molecule has 3 rings (SSSR count). The number of fused-ring (bicyclic) bond motifs is 1. The van der Waals surface area contributed by atoms with Crippen LogP contribution < -0.4 is 5.56 Å². The normalized spacial score (nSPS) is 11.0. The number of nitrogens with zero attached hydrogens (tertiary/aromatic N) is 2. The van der Waals surface area contributed by atoms with Gasteiger partial charge in [0.2, 0.25) is 0 Å². The summed E-state index contributed by atoms with van der Waals surface area (Å²) in [7, 11) is 0. The Bertz CT molecular complexity index is 903. The molecule has 0 unspecified atom stereocenters. The maximum Gasteiger partial charge on any atom is 0.265 e. The maximum atomic E-state index is 12.9. The van der Waals surface area contributed by atoms with Gasteiger partial charge in [-0.25, -0.2) is 4.98 Å². The van der Waals surface area contributed by atoms with Gasteiger partial charge in [0, 0.05) is 6.42 Å². The summed E-state index contributed by atoms with van der Waals surface area (Å²) in [6, 6.07) is 11.0. The Kier molecular flexibility index (Phi) is 3.45. The molecule has 1 N–H and O–H groups in total. The Morgan fingerprint density at radius 3 is 2.41 bits per heavy atom.